The first-order valence-electron chi connectivity index (χ1n) is 7.65. The Balaban J connectivity index is 1.88. The second-order valence-corrected chi connectivity index (χ2v) is 8.12. The maximum Gasteiger partial charge on any atom is 0.208 e. The minimum absolute atomic E-state index is 0.329. The van der Waals surface area contributed by atoms with Crippen LogP contribution in [0.4, 0.5) is 0 Å². The van der Waals surface area contributed by atoms with E-state index in [1.807, 2.05) is 0 Å². The number of rotatable bonds is 7. The van der Waals surface area contributed by atoms with Gasteiger partial charge in [-0.15, -0.1) is 0 Å². The van der Waals surface area contributed by atoms with Gasteiger partial charge in [0, 0.05) is 31.2 Å². The highest BCUT2D eigenvalue weighted by Gasteiger charge is 2.57. The van der Waals surface area contributed by atoms with Gasteiger partial charge in [-0.2, -0.15) is 0 Å². The van der Waals surface area contributed by atoms with Crippen molar-refractivity contribution in [1.29, 1.82) is 0 Å². The number of hydrogen-bond donors (Lipinski definition) is 1. The van der Waals surface area contributed by atoms with Crippen molar-refractivity contribution >= 4 is 10.0 Å². The highest BCUT2D eigenvalue weighted by atomic mass is 32.2. The van der Waals surface area contributed by atoms with Crippen molar-refractivity contribution < 1.29 is 13.2 Å². The molecular formula is C14H28N2O3S. The Morgan fingerprint density at radius 1 is 1.35 bits per heavy atom. The summed E-state index contributed by atoms with van der Waals surface area (Å²) >= 11 is 0. The number of sulfonamides is 1. The topological polar surface area (TPSA) is 58.6 Å². The summed E-state index contributed by atoms with van der Waals surface area (Å²) in [6.07, 6.45) is 7.82. The van der Waals surface area contributed by atoms with Crippen LogP contribution in [0.15, 0.2) is 0 Å². The lowest BCUT2D eigenvalue weighted by Gasteiger charge is -2.57. The van der Waals surface area contributed by atoms with Crippen LogP contribution in [-0.2, 0) is 14.8 Å². The van der Waals surface area contributed by atoms with E-state index in [1.165, 1.54) is 31.9 Å². The number of nitrogens with one attached hydrogen (secondary N) is 1. The van der Waals surface area contributed by atoms with Crippen LogP contribution >= 0.6 is 0 Å². The van der Waals surface area contributed by atoms with Gasteiger partial charge in [0.1, 0.15) is 0 Å². The number of likely N-dealkylation sites (N-methyl/N-ethyl adjacent to an activating group) is 1. The molecule has 1 N–H and O–H groups in total. The molecule has 2 aliphatic carbocycles. The quantitative estimate of drug-likeness (QED) is 0.768. The van der Waals surface area contributed by atoms with Crippen molar-refractivity contribution in [2.45, 2.75) is 51.2 Å². The average molecular weight is 304 g/mol. The van der Waals surface area contributed by atoms with Crippen LogP contribution in [0.1, 0.15) is 39.0 Å². The zero-order valence-electron chi connectivity index (χ0n) is 12.9. The van der Waals surface area contributed by atoms with E-state index in [-0.39, 0.29) is 0 Å². The van der Waals surface area contributed by atoms with Gasteiger partial charge in [0.25, 0.3) is 0 Å². The standard InChI is InChI=1S/C14H28N2O3S/c1-4-19-13-11-12(14(13)7-5-6-8-14)16(2)10-9-15-20(3,17)18/h12-13,15H,4-11H2,1-3H3/t12-,13-/m0/s1. The first-order valence-corrected chi connectivity index (χ1v) is 9.54. The molecule has 0 unspecified atom stereocenters. The van der Waals surface area contributed by atoms with Gasteiger partial charge in [-0.3, -0.25) is 0 Å². The predicted octanol–water partition coefficient (Wildman–Crippen LogP) is 1.21. The van der Waals surface area contributed by atoms with Crippen molar-refractivity contribution in [2.24, 2.45) is 5.41 Å². The monoisotopic (exact) mass is 304 g/mol. The summed E-state index contributed by atoms with van der Waals surface area (Å²) in [4.78, 5) is 2.32. The lowest BCUT2D eigenvalue weighted by Crippen LogP contribution is -2.63. The molecule has 0 radical (unpaired) electrons. The number of hydrogen-bond acceptors (Lipinski definition) is 4. The number of ether oxygens (including phenoxy) is 1. The summed E-state index contributed by atoms with van der Waals surface area (Å²) in [7, 11) is -0.974. The van der Waals surface area contributed by atoms with E-state index in [2.05, 4.69) is 23.6 Å². The predicted molar refractivity (Wildman–Crippen MR) is 80.2 cm³/mol. The highest BCUT2D eigenvalue weighted by molar-refractivity contribution is 7.88. The molecule has 0 heterocycles. The lowest BCUT2D eigenvalue weighted by atomic mass is 9.60. The van der Waals surface area contributed by atoms with Crippen LogP contribution in [0.25, 0.3) is 0 Å². The first-order chi connectivity index (χ1) is 9.39. The van der Waals surface area contributed by atoms with Gasteiger partial charge in [-0.05, 0) is 33.2 Å². The molecule has 0 amide bonds. The highest BCUT2D eigenvalue weighted by Crippen LogP contribution is 2.56. The molecular weight excluding hydrogens is 276 g/mol. The van der Waals surface area contributed by atoms with E-state index in [0.717, 1.165) is 19.6 Å². The lowest BCUT2D eigenvalue weighted by molar-refractivity contribution is -0.160. The maximum atomic E-state index is 11.1. The molecule has 0 bridgehead atoms. The van der Waals surface area contributed by atoms with Gasteiger partial charge < -0.3 is 9.64 Å². The molecule has 2 aliphatic rings. The second-order valence-electron chi connectivity index (χ2n) is 6.28. The van der Waals surface area contributed by atoms with Crippen molar-refractivity contribution in [1.82, 2.24) is 9.62 Å². The van der Waals surface area contributed by atoms with Crippen molar-refractivity contribution in [2.75, 3.05) is 33.0 Å². The Hall–Kier alpha value is -0.170. The van der Waals surface area contributed by atoms with E-state index in [1.54, 1.807) is 0 Å². The maximum absolute atomic E-state index is 11.1. The summed E-state index contributed by atoms with van der Waals surface area (Å²) in [6, 6.07) is 0.544. The number of nitrogens with zero attached hydrogens (tertiary/aromatic N) is 1. The second kappa shape index (κ2) is 6.30. The van der Waals surface area contributed by atoms with E-state index in [0.29, 0.717) is 24.1 Å². The van der Waals surface area contributed by atoms with Gasteiger partial charge in [-0.25, -0.2) is 13.1 Å². The molecule has 2 saturated carbocycles. The zero-order valence-corrected chi connectivity index (χ0v) is 13.7. The zero-order chi connectivity index (χ0) is 14.8. The average Bonchev–Trinajstić information content (AvgIpc) is 2.84. The summed E-state index contributed by atoms with van der Waals surface area (Å²) in [6.45, 7) is 4.10. The largest absolute Gasteiger partial charge is 0.378 e. The van der Waals surface area contributed by atoms with Crippen molar-refractivity contribution in [3.05, 3.63) is 0 Å². The molecule has 6 heteroatoms. The van der Waals surface area contributed by atoms with E-state index >= 15 is 0 Å². The Morgan fingerprint density at radius 2 is 2.00 bits per heavy atom. The molecule has 2 fully saturated rings. The normalized spacial score (nSPS) is 29.0. The van der Waals surface area contributed by atoms with E-state index in [4.69, 9.17) is 4.74 Å². The fourth-order valence-electron chi connectivity index (χ4n) is 4.03. The summed E-state index contributed by atoms with van der Waals surface area (Å²) in [5.74, 6) is 0. The summed E-state index contributed by atoms with van der Waals surface area (Å²) < 4.78 is 30.7. The first kappa shape index (κ1) is 16.2. The van der Waals surface area contributed by atoms with Crippen LogP contribution in [0.3, 0.4) is 0 Å². The Morgan fingerprint density at radius 3 is 2.55 bits per heavy atom. The minimum atomic E-state index is -3.08. The Bertz CT molecular complexity index is 418. The fourth-order valence-corrected chi connectivity index (χ4v) is 4.49. The molecule has 5 nitrogen and oxygen atoms in total. The van der Waals surface area contributed by atoms with Crippen LogP contribution in [-0.4, -0.2) is 58.5 Å². The van der Waals surface area contributed by atoms with Gasteiger partial charge in [0.15, 0.2) is 0 Å². The SMILES string of the molecule is CCO[C@H]1C[C@H](N(C)CCNS(C)(=O)=O)C12CCCC2. The van der Waals surface area contributed by atoms with Crippen LogP contribution in [0.2, 0.25) is 0 Å². The van der Waals surface area contributed by atoms with Crippen molar-refractivity contribution in [3.8, 4) is 0 Å². The van der Waals surface area contributed by atoms with E-state index < -0.39 is 10.0 Å². The molecule has 0 saturated heterocycles. The molecule has 0 aliphatic heterocycles. The van der Waals surface area contributed by atoms with Crippen LogP contribution < -0.4 is 4.72 Å². The van der Waals surface area contributed by atoms with Gasteiger partial charge in [0.2, 0.25) is 10.0 Å². The molecule has 0 aromatic rings. The minimum Gasteiger partial charge on any atom is -0.378 e. The van der Waals surface area contributed by atoms with Gasteiger partial charge in [-0.1, -0.05) is 12.8 Å². The third kappa shape index (κ3) is 3.35. The van der Waals surface area contributed by atoms with Crippen LogP contribution in [0.5, 0.6) is 0 Å². The van der Waals surface area contributed by atoms with Crippen LogP contribution in [0, 0.1) is 5.41 Å². The van der Waals surface area contributed by atoms with Crippen molar-refractivity contribution in [3.63, 3.8) is 0 Å². The molecule has 1 spiro atoms. The van der Waals surface area contributed by atoms with Gasteiger partial charge >= 0.3 is 0 Å². The molecule has 0 aromatic carbocycles. The molecule has 118 valence electrons. The fraction of sp³-hybridized carbons (Fsp3) is 1.00. The molecule has 2 atom stereocenters. The smallest absolute Gasteiger partial charge is 0.208 e. The Labute approximate surface area is 123 Å². The van der Waals surface area contributed by atoms with Gasteiger partial charge in [0.05, 0.1) is 12.4 Å². The molecule has 2 rings (SSSR count). The summed E-state index contributed by atoms with van der Waals surface area (Å²) in [5.41, 5.74) is 0.329. The third-order valence-corrected chi connectivity index (χ3v) is 5.73. The molecule has 0 aromatic heterocycles. The Kier molecular flexibility index (Phi) is 5.10. The molecule has 20 heavy (non-hydrogen) atoms. The summed E-state index contributed by atoms with van der Waals surface area (Å²) in [5, 5.41) is 0. The van der Waals surface area contributed by atoms with E-state index in [9.17, 15) is 8.42 Å². The third-order valence-electron chi connectivity index (χ3n) is 5.01.